The molecule has 0 bridgehead atoms. The monoisotopic (exact) mass is 1140 g/mol. The first-order valence-electron chi connectivity index (χ1n) is 19.6. The van der Waals surface area contributed by atoms with Gasteiger partial charge in [0.2, 0.25) is 17.7 Å². The number of carbonyl (C=O) groups excluding carboxylic acids is 7. The maximum absolute atomic E-state index is 11.0. The Hall–Kier alpha value is -4.57. The molecule has 1 aromatic heterocycles. The lowest BCUT2D eigenvalue weighted by molar-refractivity contribution is -0.137. The van der Waals surface area contributed by atoms with E-state index in [2.05, 4.69) is 110 Å². The number of terminal acetylenes is 1. The number of carbonyl (C=O) groups is 7. The molecule has 9 N–H and O–H groups in total. The van der Waals surface area contributed by atoms with Gasteiger partial charge in [-0.2, -0.15) is 24.4 Å². The molecular weight excluding hydrogens is 1020 g/mol. The molecule has 24 heteroatoms. The number of aldehydes is 1. The number of likely N-dealkylation sites (tertiary alicyclic amines) is 1. The van der Waals surface area contributed by atoms with Gasteiger partial charge >= 0.3 is 0 Å². The highest BCUT2D eigenvalue weighted by Gasteiger charge is 2.35. The molecule has 0 radical (unpaired) electrons. The predicted octanol–water partition coefficient (Wildman–Crippen LogP) is 8.34. The number of aromatic nitrogens is 3. The molecule has 0 spiro atoms. The Morgan fingerprint density at radius 1 is 0.865 bits per heavy atom. The summed E-state index contributed by atoms with van der Waals surface area (Å²) in [6.07, 6.45) is 19.5. The number of likely N-dealkylation sites (N-methyl/N-ethyl adjacent to an activating group) is 1. The summed E-state index contributed by atoms with van der Waals surface area (Å²) < 4.78 is 5.57. The number of nitrogens with zero attached hydrogens (tertiary/aromatic N) is 7. The first-order chi connectivity index (χ1) is 31.4. The smallest absolute Gasteiger partial charge is 0.292 e. The van der Waals surface area contributed by atoms with Crippen LogP contribution < -0.4 is 28.3 Å². The van der Waals surface area contributed by atoms with Crippen molar-refractivity contribution in [1.29, 1.82) is 0 Å². The number of rotatable bonds is 5. The Bertz CT molecular complexity index is 1370. The van der Waals surface area contributed by atoms with Crippen LogP contribution in [0.2, 0.25) is 0 Å². The van der Waals surface area contributed by atoms with E-state index >= 15 is 0 Å². The van der Waals surface area contributed by atoms with Crippen LogP contribution in [0.4, 0.5) is 0 Å². The standard InChI is InChI=1S/C6H9NO2S.C5H9N3.C5H5NO2.C5H10S.C4H6.C3H7NO.C3H7N.C2H3NS.C2H4O2.C2H4O.4CH5N.CH4S.8CH4/c1-7-5(8)3-4(10-2)6(7)9;1-3-5-4-8(2)7-6-5;1-6-4(7)2-3-5(6)8;1-3-5(6)4-2;1-3-4-2;1-3(5)4-2;1-3-4-2;1-3-2-4;1-4-2-3;1-2-3;5*1-2;;;;;;;;/h4H,3H2,1-2H3;4H,3H2,1-2H3;2-3H,1H3;3-4H2,1-2H3;1H,4H2,2H3;1-2H3,(H,4,5);3H,1-2H3;1H3;2H,1H3;2H,1H3;4*2H2,1H3;2H,1H3;8*1H4. The van der Waals surface area contributed by atoms with Crippen molar-refractivity contribution in [2.24, 2.45) is 40.0 Å². The lowest BCUT2D eigenvalue weighted by Gasteiger charge is -2.04. The van der Waals surface area contributed by atoms with E-state index in [1.54, 1.807) is 38.3 Å². The number of nitrogens with one attached hydrogen (secondary N) is 1. The number of hydrogen-bond donors (Lipinski definition) is 6. The van der Waals surface area contributed by atoms with Crippen molar-refractivity contribution in [3.05, 3.63) is 24.0 Å². The molecule has 74 heavy (non-hydrogen) atoms. The minimum absolute atomic E-state index is 0. The number of methoxy groups -OCH3 is 1. The number of thiocarbonyl (C=S) groups is 2. The molecule has 1 aromatic rings. The largest absolute Gasteiger partial charge is 0.471 e. The third-order valence-electron chi connectivity index (χ3n) is 5.46. The highest BCUT2D eigenvalue weighted by molar-refractivity contribution is 8.00. The maximum atomic E-state index is 11.0. The number of amides is 5. The number of ether oxygens (including phenoxy) is 1. The van der Waals surface area contributed by atoms with Crippen LogP contribution in [-0.4, -0.2) is 172 Å². The number of thiol groups is 1. The third kappa shape index (κ3) is 132. The van der Waals surface area contributed by atoms with E-state index in [0.717, 1.165) is 42.6 Å². The van der Waals surface area contributed by atoms with Crippen molar-refractivity contribution in [2.75, 3.05) is 83.1 Å². The Morgan fingerprint density at radius 2 is 1.16 bits per heavy atom. The highest BCUT2D eigenvalue weighted by atomic mass is 32.2. The molecule has 1 atom stereocenters. The number of thioether (sulfide) groups is 1. The van der Waals surface area contributed by atoms with Crippen LogP contribution in [0.25, 0.3) is 0 Å². The molecule has 2 aliphatic heterocycles. The van der Waals surface area contributed by atoms with E-state index in [1.165, 1.54) is 96.9 Å². The summed E-state index contributed by atoms with van der Waals surface area (Å²) in [7, 11) is 17.1. The fourth-order valence-corrected chi connectivity index (χ4v) is 2.86. The third-order valence-corrected chi connectivity index (χ3v) is 7.15. The van der Waals surface area contributed by atoms with Gasteiger partial charge in [-0.3, -0.25) is 43.2 Å². The molecular formula is C50H120N12O8S4. The van der Waals surface area contributed by atoms with Crippen LogP contribution >= 0.6 is 48.8 Å². The van der Waals surface area contributed by atoms with Crippen LogP contribution in [-0.2, 0) is 51.8 Å². The van der Waals surface area contributed by atoms with Gasteiger partial charge in [0.15, 0.2) is 0 Å². The van der Waals surface area contributed by atoms with Gasteiger partial charge in [-0.1, -0.05) is 105 Å². The van der Waals surface area contributed by atoms with Gasteiger partial charge in [-0.15, -0.1) is 17.4 Å². The molecule has 2 aliphatic rings. The fourth-order valence-electron chi connectivity index (χ4n) is 2.19. The summed E-state index contributed by atoms with van der Waals surface area (Å²) >= 11 is 14.0. The number of isothiocyanates is 1. The number of aliphatic imine (C=N–C) groups is 2. The Kier molecular flexibility index (Phi) is 239. The first-order valence-corrected chi connectivity index (χ1v) is 22.6. The van der Waals surface area contributed by atoms with Crippen molar-refractivity contribution in [3.63, 3.8) is 0 Å². The molecule has 20 nitrogen and oxygen atoms in total. The molecule has 3 rings (SSSR count). The van der Waals surface area contributed by atoms with Crippen LogP contribution in [0.1, 0.15) is 139 Å². The molecule has 1 fully saturated rings. The topological polar surface area (TPSA) is 307 Å². The Labute approximate surface area is 478 Å². The van der Waals surface area contributed by atoms with Crippen molar-refractivity contribution >= 4 is 107 Å². The Balaban J connectivity index is -0.0000000240. The fraction of sp³-hybridized carbons (Fsp3) is 0.680. The average molecular weight is 1150 g/mol. The highest BCUT2D eigenvalue weighted by Crippen LogP contribution is 2.21. The van der Waals surface area contributed by atoms with E-state index in [0.29, 0.717) is 12.9 Å². The molecule has 1 unspecified atom stereocenters. The van der Waals surface area contributed by atoms with Crippen molar-refractivity contribution in [2.45, 2.75) is 145 Å². The normalized spacial score (nSPS) is 9.59. The lowest BCUT2D eigenvalue weighted by atomic mass is 10.3. The lowest BCUT2D eigenvalue weighted by Crippen LogP contribution is -2.26. The van der Waals surface area contributed by atoms with Crippen LogP contribution in [0, 0.1) is 12.3 Å². The number of imide groups is 2. The van der Waals surface area contributed by atoms with Gasteiger partial charge in [0.05, 0.1) is 23.2 Å². The quantitative estimate of drug-likeness (QED) is 0.0403. The van der Waals surface area contributed by atoms with Crippen LogP contribution in [0.15, 0.2) is 28.3 Å². The van der Waals surface area contributed by atoms with Gasteiger partial charge in [0.25, 0.3) is 18.3 Å². The molecule has 1 saturated heterocycles. The molecule has 0 saturated carbocycles. The Morgan fingerprint density at radius 3 is 1.23 bits per heavy atom. The second-order valence-corrected chi connectivity index (χ2v) is 11.3. The second kappa shape index (κ2) is 133. The van der Waals surface area contributed by atoms with E-state index in [4.69, 9.17) is 28.2 Å². The zero-order chi connectivity index (χ0) is 55.5. The number of nitrogens with two attached hydrogens (primary N) is 4. The number of hydrogen-bond acceptors (Lipinski definition) is 20. The predicted molar refractivity (Wildman–Crippen MR) is 344 cm³/mol. The summed E-state index contributed by atoms with van der Waals surface area (Å²) in [5, 5.41) is 12.0. The minimum atomic E-state index is -0.241. The van der Waals surface area contributed by atoms with E-state index in [9.17, 15) is 24.0 Å². The van der Waals surface area contributed by atoms with Crippen molar-refractivity contribution in [1.82, 2.24) is 30.1 Å². The van der Waals surface area contributed by atoms with Gasteiger partial charge in [0, 0.05) is 80.4 Å². The van der Waals surface area contributed by atoms with Crippen molar-refractivity contribution in [3.8, 4) is 12.3 Å². The number of aryl methyl sites for hydroxylation is 2. The molecule has 5 amide bonds. The zero-order valence-corrected chi connectivity index (χ0v) is 46.9. The molecule has 0 aliphatic carbocycles. The summed E-state index contributed by atoms with van der Waals surface area (Å²) in [5.74, 6) is 1.83. The average Bonchev–Trinajstić information content (AvgIpc) is 4.02. The van der Waals surface area contributed by atoms with Crippen LogP contribution in [0.3, 0.4) is 0 Å². The summed E-state index contributed by atoms with van der Waals surface area (Å²) in [5.41, 5.74) is 19.0. The van der Waals surface area contributed by atoms with Crippen LogP contribution in [0.5, 0.6) is 0 Å². The van der Waals surface area contributed by atoms with Gasteiger partial charge in [-0.25, -0.2) is 4.99 Å². The second-order valence-electron chi connectivity index (χ2n) is 9.53. The molecule has 3 heterocycles. The van der Waals surface area contributed by atoms with E-state index in [-0.39, 0.29) is 94.2 Å². The minimum Gasteiger partial charge on any atom is -0.471 e. The SMILES string of the molecule is C.C.C.C.C.C.C.C.C#CCC.CC=NC.CC=O.CCC(=S)CC.CCc1cn(C)nn1.CN.CN.CN.CN.CN1C(=O)C=CC1=O.CN=C=S.CNC(C)=O.COC=O.CS.CSC1CC(=O)N(C)C1=O. The van der Waals surface area contributed by atoms with Gasteiger partial charge < -0.3 is 42.8 Å². The molecule has 452 valence electrons. The summed E-state index contributed by atoms with van der Waals surface area (Å²) in [4.78, 5) is 80.5. The van der Waals surface area contributed by atoms with E-state index in [1.807, 2.05) is 33.3 Å². The maximum Gasteiger partial charge on any atom is 0.292 e. The van der Waals surface area contributed by atoms with Gasteiger partial charge in [0.1, 0.15) is 6.29 Å². The molecule has 0 aromatic carbocycles. The zero-order valence-electron chi connectivity index (χ0n) is 43.5. The van der Waals surface area contributed by atoms with Gasteiger partial charge in [-0.05, 0) is 97.1 Å². The summed E-state index contributed by atoms with van der Waals surface area (Å²) in [6, 6.07) is 0. The van der Waals surface area contributed by atoms with E-state index < -0.39 is 0 Å². The van der Waals surface area contributed by atoms with Crippen molar-refractivity contribution < 1.29 is 38.3 Å². The first kappa shape index (κ1) is 133. The summed E-state index contributed by atoms with van der Waals surface area (Å²) in [6.45, 7) is 13.4.